The van der Waals surface area contributed by atoms with E-state index in [2.05, 4.69) is 0 Å². The second-order valence-electron chi connectivity index (χ2n) is 6.63. The molecule has 0 N–H and O–H groups in total. The summed E-state index contributed by atoms with van der Waals surface area (Å²) in [7, 11) is -4.68. The van der Waals surface area contributed by atoms with Gasteiger partial charge in [0.2, 0.25) is 0 Å². The molecule has 0 bridgehead atoms. The summed E-state index contributed by atoms with van der Waals surface area (Å²) in [6.07, 6.45) is 0.866. The van der Waals surface area contributed by atoms with Crippen LogP contribution in [0.1, 0.15) is 29.3 Å². The topological polar surface area (TPSA) is 102 Å². The molecular weight excluding hydrogens is 442 g/mol. The largest absolute Gasteiger partial charge is 1.00 e. The first-order valence-corrected chi connectivity index (χ1v) is 10.9. The van der Waals surface area contributed by atoms with E-state index in [1.54, 1.807) is 24.3 Å². The van der Waals surface area contributed by atoms with Crippen molar-refractivity contribution in [3.05, 3.63) is 90.0 Å². The molecule has 3 aromatic carbocycles. The monoisotopic (exact) mass is 462 g/mol. The molecule has 7 nitrogen and oxygen atoms in total. The summed E-state index contributed by atoms with van der Waals surface area (Å²) >= 11 is 0. The Kier molecular flexibility index (Phi) is 9.69. The van der Waals surface area contributed by atoms with E-state index < -0.39 is 13.8 Å². The predicted octanol–water partition coefficient (Wildman–Crippen LogP) is 1.36. The third-order valence-corrected chi connectivity index (χ3v) is 5.05. The molecule has 0 saturated heterocycles. The Balaban J connectivity index is 0.00000363. The Bertz CT molecular complexity index is 1080. The number of aryl methyl sites for hydroxylation is 1. The van der Waals surface area contributed by atoms with Crippen LogP contribution >= 0.6 is 7.82 Å². The zero-order valence-corrected chi connectivity index (χ0v) is 20.6. The van der Waals surface area contributed by atoms with Crippen LogP contribution < -0.4 is 48.2 Å². The van der Waals surface area contributed by atoms with E-state index in [9.17, 15) is 19.0 Å². The van der Waals surface area contributed by atoms with E-state index in [1.165, 1.54) is 43.3 Å². The molecule has 160 valence electrons. The van der Waals surface area contributed by atoms with Gasteiger partial charge in [-0.05, 0) is 48.4 Å². The van der Waals surface area contributed by atoms with Crippen molar-refractivity contribution in [2.75, 3.05) is 0 Å². The van der Waals surface area contributed by atoms with Gasteiger partial charge >= 0.3 is 43.3 Å². The van der Waals surface area contributed by atoms with Crippen LogP contribution in [-0.2, 0) is 15.8 Å². The molecule has 0 aliphatic rings. The first kappa shape index (κ1) is 25.8. The number of ether oxygens (including phenoxy) is 1. The van der Waals surface area contributed by atoms with Crippen LogP contribution in [0.15, 0.2) is 78.9 Å². The number of phosphoric acid groups is 1. The fourth-order valence-electron chi connectivity index (χ4n) is 2.75. The van der Waals surface area contributed by atoms with Gasteiger partial charge in [-0.25, -0.2) is 4.57 Å². The molecule has 0 amide bonds. The number of phosphoric ester groups is 1. The molecule has 1 atom stereocenters. The van der Waals surface area contributed by atoms with Crippen LogP contribution in [0.2, 0.25) is 0 Å². The number of esters is 1. The summed E-state index contributed by atoms with van der Waals surface area (Å²) in [6.45, 7) is 1.26. The fraction of sp³-hybridized carbons (Fsp3) is 0.130. The second-order valence-corrected chi connectivity index (χ2v) is 7.89. The predicted molar refractivity (Wildman–Crippen MR) is 112 cm³/mol. The number of carbonyl (C=O) groups excluding carboxylic acids is 2. The Hall–Kier alpha value is -2.41. The van der Waals surface area contributed by atoms with Gasteiger partial charge in [-0.3, -0.25) is 9.59 Å². The molecule has 0 aliphatic heterocycles. The normalized spacial score (nSPS) is 12.1. The van der Waals surface area contributed by atoms with Gasteiger partial charge in [0.05, 0.1) is 0 Å². The number of rotatable bonds is 9. The molecule has 0 radical (unpaired) electrons. The average molecular weight is 462 g/mol. The van der Waals surface area contributed by atoms with Crippen molar-refractivity contribution in [2.24, 2.45) is 0 Å². The standard InChI is InChI=1S/C23H21O7P.Na/c1-17(24)28-20-12-14-22(15-13-20)30-31(26,27)29-21-10-7-18(8-11-21)9-16-23(25)19-5-3-2-4-6-19;/h2-8,10-15H,9,16H2,1H3,(H,26,27);/q;+1/p-1. The van der Waals surface area contributed by atoms with Crippen LogP contribution in [0.5, 0.6) is 17.2 Å². The van der Waals surface area contributed by atoms with Crippen molar-refractivity contribution in [3.63, 3.8) is 0 Å². The molecule has 3 rings (SSSR count). The number of hydrogen-bond donors (Lipinski definition) is 0. The maximum atomic E-state index is 12.2. The summed E-state index contributed by atoms with van der Waals surface area (Å²) in [5.74, 6) is -0.0707. The number of Topliss-reactive ketones (excluding diaryl/α,β-unsaturated/α-hetero) is 1. The van der Waals surface area contributed by atoms with Crippen molar-refractivity contribution in [3.8, 4) is 17.2 Å². The molecule has 0 saturated carbocycles. The molecule has 9 heteroatoms. The first-order valence-electron chi connectivity index (χ1n) is 9.47. The van der Waals surface area contributed by atoms with Crippen molar-refractivity contribution in [2.45, 2.75) is 19.8 Å². The van der Waals surface area contributed by atoms with Gasteiger partial charge in [0, 0.05) is 18.9 Å². The number of benzene rings is 3. The number of hydrogen-bond acceptors (Lipinski definition) is 7. The molecule has 0 aliphatic carbocycles. The summed E-state index contributed by atoms with van der Waals surface area (Å²) < 4.78 is 26.9. The molecule has 3 aromatic rings. The fourth-order valence-corrected chi connectivity index (χ4v) is 3.55. The first-order chi connectivity index (χ1) is 14.8. The summed E-state index contributed by atoms with van der Waals surface area (Å²) in [5, 5.41) is 0. The quantitative estimate of drug-likeness (QED) is 0.156. The van der Waals surface area contributed by atoms with Crippen LogP contribution in [0.3, 0.4) is 0 Å². The minimum absolute atomic E-state index is 0. The van der Waals surface area contributed by atoms with Gasteiger partial charge < -0.3 is 18.7 Å². The van der Waals surface area contributed by atoms with Gasteiger partial charge in [-0.2, -0.15) is 0 Å². The van der Waals surface area contributed by atoms with Crippen molar-refractivity contribution < 1.29 is 62.4 Å². The molecular formula is C23H20NaO7P. The molecule has 32 heavy (non-hydrogen) atoms. The molecule has 0 heterocycles. The number of ketones is 1. The van der Waals surface area contributed by atoms with Gasteiger partial charge in [0.1, 0.15) is 17.2 Å². The van der Waals surface area contributed by atoms with Crippen molar-refractivity contribution >= 4 is 19.6 Å². The Morgan fingerprint density at radius 1 is 0.812 bits per heavy atom. The minimum Gasteiger partial charge on any atom is -0.736 e. The van der Waals surface area contributed by atoms with Gasteiger partial charge in [0.15, 0.2) is 5.78 Å². The molecule has 0 fully saturated rings. The Morgan fingerprint density at radius 3 is 1.84 bits per heavy atom. The van der Waals surface area contributed by atoms with Crippen LogP contribution in [0.4, 0.5) is 0 Å². The van der Waals surface area contributed by atoms with Crippen molar-refractivity contribution in [1.29, 1.82) is 0 Å². The summed E-state index contributed by atoms with van der Waals surface area (Å²) in [5.41, 5.74) is 1.53. The third kappa shape index (κ3) is 8.26. The average Bonchev–Trinajstić information content (AvgIpc) is 2.74. The zero-order valence-electron chi connectivity index (χ0n) is 17.7. The number of carbonyl (C=O) groups is 2. The Labute approximate surface area is 208 Å². The minimum atomic E-state index is -4.68. The summed E-state index contributed by atoms with van der Waals surface area (Å²) in [6, 6.07) is 20.9. The van der Waals surface area contributed by atoms with E-state index >= 15 is 0 Å². The maximum absolute atomic E-state index is 12.2. The van der Waals surface area contributed by atoms with Gasteiger partial charge in [-0.1, -0.05) is 42.5 Å². The smallest absolute Gasteiger partial charge is 0.736 e. The van der Waals surface area contributed by atoms with Gasteiger partial charge in [0.25, 0.3) is 0 Å². The molecule has 0 spiro atoms. The second kappa shape index (κ2) is 12.0. The van der Waals surface area contributed by atoms with E-state index in [-0.39, 0.29) is 52.6 Å². The zero-order chi connectivity index (χ0) is 22.3. The molecule has 0 aromatic heterocycles. The third-order valence-electron chi connectivity index (χ3n) is 4.18. The van der Waals surface area contributed by atoms with Gasteiger partial charge in [-0.15, -0.1) is 0 Å². The SMILES string of the molecule is CC(=O)Oc1ccc(OP(=O)([O-])Oc2ccc(CCC(=O)c3ccccc3)cc2)cc1.[Na+]. The van der Waals surface area contributed by atoms with Crippen LogP contribution in [-0.4, -0.2) is 11.8 Å². The molecule has 1 unspecified atom stereocenters. The summed E-state index contributed by atoms with van der Waals surface area (Å²) in [4.78, 5) is 35.2. The van der Waals surface area contributed by atoms with Crippen molar-refractivity contribution in [1.82, 2.24) is 0 Å². The van der Waals surface area contributed by atoms with Crippen LogP contribution in [0, 0.1) is 0 Å². The Morgan fingerprint density at radius 2 is 1.31 bits per heavy atom. The van der Waals surface area contributed by atoms with E-state index in [4.69, 9.17) is 13.8 Å². The van der Waals surface area contributed by atoms with E-state index in [0.29, 0.717) is 18.4 Å². The van der Waals surface area contributed by atoms with Crippen LogP contribution in [0.25, 0.3) is 0 Å². The maximum Gasteiger partial charge on any atom is 1.00 e. The van der Waals surface area contributed by atoms with E-state index in [0.717, 1.165) is 5.56 Å². The van der Waals surface area contributed by atoms with E-state index in [1.807, 2.05) is 18.2 Å².